The van der Waals surface area contributed by atoms with E-state index in [1.54, 1.807) is 0 Å². The standard InChI is InChI=1S/C11H14ClN/c12-10-4-1-3-9(7-10)8-11(13)5-2-6-11/h1,3-4,7H,2,5-6,8,13H2. The van der Waals surface area contributed by atoms with Crippen molar-refractivity contribution in [1.82, 2.24) is 0 Å². The quantitative estimate of drug-likeness (QED) is 0.772. The second kappa shape index (κ2) is 3.32. The van der Waals surface area contributed by atoms with Crippen molar-refractivity contribution in [3.8, 4) is 0 Å². The molecule has 2 N–H and O–H groups in total. The Balaban J connectivity index is 2.09. The Morgan fingerprint density at radius 2 is 2.15 bits per heavy atom. The summed E-state index contributed by atoms with van der Waals surface area (Å²) in [5, 5.41) is 0.806. The molecule has 0 heterocycles. The van der Waals surface area contributed by atoms with Crippen molar-refractivity contribution < 1.29 is 0 Å². The molecule has 1 fully saturated rings. The summed E-state index contributed by atoms with van der Waals surface area (Å²) in [6.45, 7) is 0. The van der Waals surface area contributed by atoms with E-state index in [2.05, 4.69) is 6.07 Å². The molecule has 1 aliphatic carbocycles. The molecule has 0 bridgehead atoms. The minimum Gasteiger partial charge on any atom is -0.325 e. The minimum absolute atomic E-state index is 0.0602. The number of hydrogen-bond donors (Lipinski definition) is 1. The summed E-state index contributed by atoms with van der Waals surface area (Å²) in [5.41, 5.74) is 7.46. The van der Waals surface area contributed by atoms with Gasteiger partial charge in [-0.25, -0.2) is 0 Å². The first-order valence-corrected chi connectivity index (χ1v) is 5.09. The molecule has 0 aliphatic heterocycles. The van der Waals surface area contributed by atoms with Crippen LogP contribution in [0, 0.1) is 0 Å². The van der Waals surface area contributed by atoms with Gasteiger partial charge in [-0.15, -0.1) is 0 Å². The van der Waals surface area contributed by atoms with Crippen LogP contribution in [0.25, 0.3) is 0 Å². The highest BCUT2D eigenvalue weighted by atomic mass is 35.5. The third-order valence-electron chi connectivity index (χ3n) is 2.79. The maximum Gasteiger partial charge on any atom is 0.0408 e. The third kappa shape index (κ3) is 2.04. The van der Waals surface area contributed by atoms with E-state index in [4.69, 9.17) is 17.3 Å². The summed E-state index contributed by atoms with van der Waals surface area (Å²) in [5.74, 6) is 0. The van der Waals surface area contributed by atoms with Gasteiger partial charge in [0, 0.05) is 10.6 Å². The molecular weight excluding hydrogens is 182 g/mol. The third-order valence-corrected chi connectivity index (χ3v) is 3.03. The van der Waals surface area contributed by atoms with Crippen molar-refractivity contribution in [2.45, 2.75) is 31.2 Å². The largest absolute Gasteiger partial charge is 0.325 e. The van der Waals surface area contributed by atoms with E-state index in [0.717, 1.165) is 24.3 Å². The fraction of sp³-hybridized carbons (Fsp3) is 0.455. The Kier molecular flexibility index (Phi) is 2.31. The van der Waals surface area contributed by atoms with E-state index in [1.165, 1.54) is 12.0 Å². The molecule has 0 unspecified atom stereocenters. The lowest BCUT2D eigenvalue weighted by atomic mass is 9.74. The van der Waals surface area contributed by atoms with E-state index >= 15 is 0 Å². The van der Waals surface area contributed by atoms with Crippen LogP contribution in [0.4, 0.5) is 0 Å². The molecule has 70 valence electrons. The molecule has 0 spiro atoms. The Morgan fingerprint density at radius 1 is 1.38 bits per heavy atom. The fourth-order valence-corrected chi connectivity index (χ4v) is 2.07. The highest BCUT2D eigenvalue weighted by molar-refractivity contribution is 6.30. The van der Waals surface area contributed by atoms with Gasteiger partial charge in [0.1, 0.15) is 0 Å². The zero-order chi connectivity index (χ0) is 9.31. The first-order chi connectivity index (χ1) is 6.18. The smallest absolute Gasteiger partial charge is 0.0408 e. The van der Waals surface area contributed by atoms with Crippen LogP contribution in [-0.4, -0.2) is 5.54 Å². The van der Waals surface area contributed by atoms with Gasteiger partial charge in [0.05, 0.1) is 0 Å². The Labute approximate surface area is 83.9 Å². The molecular formula is C11H14ClN. The van der Waals surface area contributed by atoms with Crippen molar-refractivity contribution in [3.05, 3.63) is 34.9 Å². The van der Waals surface area contributed by atoms with Gasteiger partial charge in [-0.1, -0.05) is 23.7 Å². The molecule has 0 amide bonds. The predicted molar refractivity (Wildman–Crippen MR) is 55.9 cm³/mol. The number of benzene rings is 1. The first-order valence-electron chi connectivity index (χ1n) is 4.71. The van der Waals surface area contributed by atoms with Crippen molar-refractivity contribution in [2.75, 3.05) is 0 Å². The Hall–Kier alpha value is -0.530. The second-order valence-corrected chi connectivity index (χ2v) is 4.46. The Bertz CT molecular complexity index is 305. The number of nitrogens with two attached hydrogens (primary N) is 1. The summed E-state index contributed by atoms with van der Waals surface area (Å²) in [4.78, 5) is 0. The average Bonchev–Trinajstić information content (AvgIpc) is 2.01. The Morgan fingerprint density at radius 3 is 2.69 bits per heavy atom. The van der Waals surface area contributed by atoms with E-state index < -0.39 is 0 Å². The summed E-state index contributed by atoms with van der Waals surface area (Å²) >= 11 is 5.89. The maximum atomic E-state index is 6.14. The van der Waals surface area contributed by atoms with Gasteiger partial charge in [0.15, 0.2) is 0 Å². The predicted octanol–water partition coefficient (Wildman–Crippen LogP) is 2.76. The van der Waals surface area contributed by atoms with E-state index in [9.17, 15) is 0 Å². The van der Waals surface area contributed by atoms with Crippen LogP contribution in [0.3, 0.4) is 0 Å². The monoisotopic (exact) mass is 195 g/mol. The van der Waals surface area contributed by atoms with E-state index in [-0.39, 0.29) is 5.54 Å². The molecule has 1 aromatic carbocycles. The first kappa shape index (κ1) is 9.04. The van der Waals surface area contributed by atoms with Crippen molar-refractivity contribution >= 4 is 11.6 Å². The van der Waals surface area contributed by atoms with Crippen LogP contribution in [0.5, 0.6) is 0 Å². The number of rotatable bonds is 2. The van der Waals surface area contributed by atoms with Crippen LogP contribution in [0.2, 0.25) is 5.02 Å². The lowest BCUT2D eigenvalue weighted by molar-refractivity contribution is 0.247. The van der Waals surface area contributed by atoms with Crippen molar-refractivity contribution in [1.29, 1.82) is 0 Å². The summed E-state index contributed by atoms with van der Waals surface area (Å²) in [7, 11) is 0. The average molecular weight is 196 g/mol. The maximum absolute atomic E-state index is 6.14. The molecule has 1 nitrogen and oxygen atoms in total. The highest BCUT2D eigenvalue weighted by Crippen LogP contribution is 2.32. The fourth-order valence-electron chi connectivity index (χ4n) is 1.86. The minimum atomic E-state index is 0.0602. The van der Waals surface area contributed by atoms with E-state index in [1.807, 2.05) is 18.2 Å². The van der Waals surface area contributed by atoms with Gasteiger partial charge in [0.25, 0.3) is 0 Å². The topological polar surface area (TPSA) is 26.0 Å². The van der Waals surface area contributed by atoms with Gasteiger partial charge in [-0.2, -0.15) is 0 Å². The molecule has 1 aliphatic rings. The molecule has 2 heteroatoms. The normalized spacial score (nSPS) is 19.5. The van der Waals surface area contributed by atoms with Crippen LogP contribution in [-0.2, 0) is 6.42 Å². The molecule has 0 aromatic heterocycles. The van der Waals surface area contributed by atoms with E-state index in [0.29, 0.717) is 0 Å². The lowest BCUT2D eigenvalue weighted by Crippen LogP contribution is -2.48. The van der Waals surface area contributed by atoms with Crippen LogP contribution >= 0.6 is 11.6 Å². The van der Waals surface area contributed by atoms with Gasteiger partial charge in [-0.05, 0) is 43.4 Å². The van der Waals surface area contributed by atoms with Crippen LogP contribution in [0.15, 0.2) is 24.3 Å². The molecule has 1 saturated carbocycles. The SMILES string of the molecule is NC1(Cc2cccc(Cl)c2)CCC1. The summed E-state index contributed by atoms with van der Waals surface area (Å²) in [6, 6.07) is 7.99. The van der Waals surface area contributed by atoms with Crippen LogP contribution in [0.1, 0.15) is 24.8 Å². The lowest BCUT2D eigenvalue weighted by Gasteiger charge is -2.38. The van der Waals surface area contributed by atoms with Gasteiger partial charge < -0.3 is 5.73 Å². The van der Waals surface area contributed by atoms with Crippen molar-refractivity contribution in [3.63, 3.8) is 0 Å². The zero-order valence-corrected chi connectivity index (χ0v) is 8.35. The molecule has 0 radical (unpaired) electrons. The number of halogens is 1. The van der Waals surface area contributed by atoms with Crippen molar-refractivity contribution in [2.24, 2.45) is 5.73 Å². The second-order valence-electron chi connectivity index (χ2n) is 4.02. The summed E-state index contributed by atoms with van der Waals surface area (Å²) in [6.07, 6.45) is 4.55. The molecule has 0 saturated heterocycles. The van der Waals surface area contributed by atoms with Gasteiger partial charge >= 0.3 is 0 Å². The van der Waals surface area contributed by atoms with Gasteiger partial charge in [0.2, 0.25) is 0 Å². The molecule has 13 heavy (non-hydrogen) atoms. The molecule has 2 rings (SSSR count). The van der Waals surface area contributed by atoms with Gasteiger partial charge in [-0.3, -0.25) is 0 Å². The molecule has 1 aromatic rings. The highest BCUT2D eigenvalue weighted by Gasteiger charge is 2.32. The van der Waals surface area contributed by atoms with Crippen LogP contribution < -0.4 is 5.73 Å². The summed E-state index contributed by atoms with van der Waals surface area (Å²) < 4.78 is 0. The zero-order valence-electron chi connectivity index (χ0n) is 7.59. The molecule has 0 atom stereocenters. The number of hydrogen-bond acceptors (Lipinski definition) is 1.